The van der Waals surface area contributed by atoms with Gasteiger partial charge in [-0.3, -0.25) is 9.08 Å². The molecule has 0 bridgehead atoms. The third-order valence-electron chi connectivity index (χ3n) is 4.01. The molecule has 0 N–H and O–H groups in total. The van der Waals surface area contributed by atoms with Crippen molar-refractivity contribution in [3.63, 3.8) is 0 Å². The zero-order valence-electron chi connectivity index (χ0n) is 17.2. The van der Waals surface area contributed by atoms with Gasteiger partial charge in [0.1, 0.15) is 24.0 Å². The lowest BCUT2D eigenvalue weighted by atomic mass is 10.2. The number of hydrogen-bond acceptors (Lipinski definition) is 8. The summed E-state index contributed by atoms with van der Waals surface area (Å²) < 4.78 is 43.6. The molecule has 10 heteroatoms. The van der Waals surface area contributed by atoms with Gasteiger partial charge in [0.25, 0.3) is 10.1 Å². The van der Waals surface area contributed by atoms with E-state index in [0.717, 1.165) is 16.7 Å². The number of carbonyl (C=O) groups is 2. The maximum Gasteiger partial charge on any atom is 0.411 e. The molecule has 1 aliphatic heterocycles. The smallest absolute Gasteiger partial charge is 0.411 e. The highest BCUT2D eigenvalue weighted by Gasteiger charge is 2.44. The van der Waals surface area contributed by atoms with Crippen LogP contribution < -0.4 is 4.74 Å². The summed E-state index contributed by atoms with van der Waals surface area (Å²) in [5.41, 5.74) is -0.0328. The minimum Gasteiger partial charge on any atom is -0.497 e. The number of nitrogens with zero attached hydrogens (tertiary/aromatic N) is 1. The van der Waals surface area contributed by atoms with Gasteiger partial charge in [0, 0.05) is 6.42 Å². The molecular weight excluding hydrogens is 402 g/mol. The van der Waals surface area contributed by atoms with Crippen LogP contribution in [0.25, 0.3) is 0 Å². The van der Waals surface area contributed by atoms with Crippen LogP contribution in [-0.2, 0) is 35.2 Å². The SMILES string of the molecule is COc1ccc(COC(=O)[C@@H]2C[C@@H](OS(C)(=O)=O)CN2C(=O)OC(C)(C)C)cc1. The van der Waals surface area contributed by atoms with Gasteiger partial charge in [-0.1, -0.05) is 12.1 Å². The third kappa shape index (κ3) is 7.21. The summed E-state index contributed by atoms with van der Waals surface area (Å²) in [5.74, 6) is 0.0130. The number of likely N-dealkylation sites (tertiary alicyclic amines) is 1. The van der Waals surface area contributed by atoms with E-state index >= 15 is 0 Å². The van der Waals surface area contributed by atoms with Crippen LogP contribution in [0.1, 0.15) is 32.8 Å². The van der Waals surface area contributed by atoms with Crippen LogP contribution >= 0.6 is 0 Å². The van der Waals surface area contributed by atoms with E-state index in [-0.39, 0.29) is 19.6 Å². The highest BCUT2D eigenvalue weighted by atomic mass is 32.2. The summed E-state index contributed by atoms with van der Waals surface area (Å²) in [5, 5.41) is 0. The second-order valence-corrected chi connectivity index (χ2v) is 9.36. The zero-order valence-corrected chi connectivity index (χ0v) is 18.0. The number of esters is 1. The Hall–Kier alpha value is -2.33. The van der Waals surface area contributed by atoms with Gasteiger partial charge in [-0.15, -0.1) is 0 Å². The normalized spacial score (nSPS) is 19.7. The summed E-state index contributed by atoms with van der Waals surface area (Å²) in [6.45, 7) is 5.00. The molecule has 1 saturated heterocycles. The molecular formula is C19H27NO8S. The van der Waals surface area contributed by atoms with Crippen LogP contribution in [0.4, 0.5) is 4.79 Å². The lowest BCUT2D eigenvalue weighted by Gasteiger charge is -2.27. The van der Waals surface area contributed by atoms with Gasteiger partial charge in [0.2, 0.25) is 0 Å². The Balaban J connectivity index is 2.08. The second kappa shape index (κ2) is 9.00. The fourth-order valence-electron chi connectivity index (χ4n) is 2.83. The van der Waals surface area contributed by atoms with Crippen LogP contribution in [0.2, 0.25) is 0 Å². The van der Waals surface area contributed by atoms with Crippen molar-refractivity contribution in [2.75, 3.05) is 19.9 Å². The molecule has 1 amide bonds. The van der Waals surface area contributed by atoms with Crippen molar-refractivity contribution in [3.8, 4) is 5.75 Å². The number of hydrogen-bond donors (Lipinski definition) is 0. The van der Waals surface area contributed by atoms with Crippen molar-refractivity contribution in [1.29, 1.82) is 0 Å². The zero-order chi connectivity index (χ0) is 21.8. The minimum absolute atomic E-state index is 0.000906. The van der Waals surface area contributed by atoms with Crippen LogP contribution in [-0.4, -0.2) is 63.0 Å². The topological polar surface area (TPSA) is 108 Å². The molecule has 29 heavy (non-hydrogen) atoms. The van der Waals surface area contributed by atoms with E-state index in [0.29, 0.717) is 5.75 Å². The standard InChI is InChI=1S/C19H27NO8S/c1-19(2,3)27-18(22)20-11-15(28-29(5,23)24)10-16(20)17(21)26-12-13-6-8-14(25-4)9-7-13/h6-9,15-16H,10-12H2,1-5H3/t15-,16+/m1/s1. The maximum atomic E-state index is 12.6. The van der Waals surface area contributed by atoms with E-state index in [4.69, 9.17) is 18.4 Å². The molecule has 0 spiro atoms. The summed E-state index contributed by atoms with van der Waals surface area (Å²) in [7, 11) is -2.19. The number of carbonyl (C=O) groups excluding carboxylic acids is 2. The first kappa shape index (κ1) is 23.0. The Morgan fingerprint density at radius 2 is 1.79 bits per heavy atom. The largest absolute Gasteiger partial charge is 0.497 e. The molecule has 0 unspecified atom stereocenters. The molecule has 1 fully saturated rings. The Kier molecular flexibility index (Phi) is 7.12. The molecule has 2 rings (SSSR count). The molecule has 9 nitrogen and oxygen atoms in total. The van der Waals surface area contributed by atoms with Gasteiger partial charge in [-0.05, 0) is 38.5 Å². The van der Waals surface area contributed by atoms with Crippen molar-refractivity contribution in [1.82, 2.24) is 4.90 Å². The van der Waals surface area contributed by atoms with E-state index in [1.54, 1.807) is 52.1 Å². The fourth-order valence-corrected chi connectivity index (χ4v) is 3.47. The Morgan fingerprint density at radius 1 is 1.17 bits per heavy atom. The number of ether oxygens (including phenoxy) is 3. The molecule has 1 heterocycles. The summed E-state index contributed by atoms with van der Waals surface area (Å²) in [6.07, 6.45) is -0.673. The number of benzene rings is 1. The number of rotatable bonds is 6. The first-order valence-corrected chi connectivity index (χ1v) is 10.9. The first-order chi connectivity index (χ1) is 13.4. The average Bonchev–Trinajstić information content (AvgIpc) is 3.01. The van der Waals surface area contributed by atoms with E-state index < -0.39 is 39.9 Å². The van der Waals surface area contributed by atoms with E-state index in [9.17, 15) is 18.0 Å². The van der Waals surface area contributed by atoms with Gasteiger partial charge in [-0.25, -0.2) is 9.59 Å². The minimum atomic E-state index is -3.75. The van der Waals surface area contributed by atoms with Gasteiger partial charge in [0.05, 0.1) is 26.0 Å². The van der Waals surface area contributed by atoms with Crippen molar-refractivity contribution in [3.05, 3.63) is 29.8 Å². The van der Waals surface area contributed by atoms with Crippen molar-refractivity contribution in [2.45, 2.75) is 51.5 Å². The summed E-state index contributed by atoms with van der Waals surface area (Å²) in [4.78, 5) is 26.3. The lowest BCUT2D eigenvalue weighted by molar-refractivity contribution is -0.150. The highest BCUT2D eigenvalue weighted by Crippen LogP contribution is 2.25. The monoisotopic (exact) mass is 429 g/mol. The van der Waals surface area contributed by atoms with E-state index in [1.165, 1.54) is 0 Å². The third-order valence-corrected chi connectivity index (χ3v) is 4.64. The van der Waals surface area contributed by atoms with E-state index in [1.807, 2.05) is 0 Å². The van der Waals surface area contributed by atoms with Crippen molar-refractivity contribution < 1.29 is 36.4 Å². The van der Waals surface area contributed by atoms with Crippen molar-refractivity contribution >= 4 is 22.2 Å². The van der Waals surface area contributed by atoms with Crippen LogP contribution in [0, 0.1) is 0 Å². The van der Waals surface area contributed by atoms with Crippen LogP contribution in [0.15, 0.2) is 24.3 Å². The second-order valence-electron chi connectivity index (χ2n) is 7.76. The van der Waals surface area contributed by atoms with Crippen molar-refractivity contribution in [2.24, 2.45) is 0 Å². The lowest BCUT2D eigenvalue weighted by Crippen LogP contribution is -2.44. The molecule has 0 aromatic heterocycles. The molecule has 0 radical (unpaired) electrons. The summed E-state index contributed by atoms with van der Waals surface area (Å²) >= 11 is 0. The molecule has 162 valence electrons. The average molecular weight is 429 g/mol. The number of amides is 1. The molecule has 0 saturated carbocycles. The van der Waals surface area contributed by atoms with Gasteiger partial charge in [0.15, 0.2) is 0 Å². The van der Waals surface area contributed by atoms with Crippen LogP contribution in [0.3, 0.4) is 0 Å². The predicted molar refractivity (Wildman–Crippen MR) is 104 cm³/mol. The van der Waals surface area contributed by atoms with Gasteiger partial charge >= 0.3 is 12.1 Å². The molecule has 1 aromatic rings. The fraction of sp³-hybridized carbons (Fsp3) is 0.579. The Labute approximate surface area is 171 Å². The maximum absolute atomic E-state index is 12.6. The highest BCUT2D eigenvalue weighted by molar-refractivity contribution is 7.86. The van der Waals surface area contributed by atoms with E-state index in [2.05, 4.69) is 0 Å². The quantitative estimate of drug-likeness (QED) is 0.500. The molecule has 1 aromatic carbocycles. The predicted octanol–water partition coefficient (Wildman–Crippen LogP) is 2.09. The Morgan fingerprint density at radius 3 is 2.31 bits per heavy atom. The van der Waals surface area contributed by atoms with Gasteiger partial charge in [-0.2, -0.15) is 8.42 Å². The Bertz CT molecular complexity index is 829. The molecule has 2 atom stereocenters. The summed E-state index contributed by atoms with van der Waals surface area (Å²) in [6, 6.07) is 5.97. The molecule has 1 aliphatic rings. The van der Waals surface area contributed by atoms with Crippen LogP contribution in [0.5, 0.6) is 5.75 Å². The number of methoxy groups -OCH3 is 1. The first-order valence-electron chi connectivity index (χ1n) is 9.05. The van der Waals surface area contributed by atoms with Gasteiger partial charge < -0.3 is 14.2 Å². The molecule has 0 aliphatic carbocycles.